The van der Waals surface area contributed by atoms with Gasteiger partial charge in [-0.2, -0.15) is 0 Å². The third-order valence-electron chi connectivity index (χ3n) is 2.49. The molecule has 0 radical (unpaired) electrons. The summed E-state index contributed by atoms with van der Waals surface area (Å²) in [5, 5.41) is 8.34. The highest BCUT2D eigenvalue weighted by Gasteiger charge is 2.31. The van der Waals surface area contributed by atoms with Crippen molar-refractivity contribution < 1.29 is 14.1 Å². The minimum Gasteiger partial charge on any atom is -0.480 e. The summed E-state index contributed by atoms with van der Waals surface area (Å²) in [6.07, 6.45) is 2.59. The topological polar surface area (TPSA) is 54.4 Å². The maximum Gasteiger partial charge on any atom is 0.319 e. The summed E-state index contributed by atoms with van der Waals surface area (Å²) in [6.45, 7) is 7.63. The lowest BCUT2D eigenvalue weighted by Gasteiger charge is -2.21. The summed E-state index contributed by atoms with van der Waals surface area (Å²) < 4.78 is 12.1. The van der Waals surface area contributed by atoms with Crippen LogP contribution in [-0.4, -0.2) is 25.8 Å². The maximum atomic E-state index is 12.1. The van der Waals surface area contributed by atoms with Gasteiger partial charge in [-0.1, -0.05) is 34.1 Å². The zero-order valence-corrected chi connectivity index (χ0v) is 10.8. The number of hydrogen-bond donors (Lipinski definition) is 1. The van der Waals surface area contributed by atoms with Gasteiger partial charge >= 0.3 is 5.97 Å². The van der Waals surface area contributed by atoms with Crippen molar-refractivity contribution in [2.45, 2.75) is 57.5 Å². The van der Waals surface area contributed by atoms with Crippen molar-refractivity contribution in [2.24, 2.45) is 5.92 Å². The van der Waals surface area contributed by atoms with Crippen LogP contribution in [-0.2, 0) is 15.6 Å². The molecule has 0 saturated heterocycles. The van der Waals surface area contributed by atoms with E-state index < -0.39 is 22.0 Å². The van der Waals surface area contributed by atoms with Crippen molar-refractivity contribution in [2.75, 3.05) is 0 Å². The Kier molecular flexibility index (Phi) is 6.81. The summed E-state index contributed by atoms with van der Waals surface area (Å²) in [4.78, 5) is 11.0. The number of aliphatic carboxylic acids is 1. The van der Waals surface area contributed by atoms with E-state index in [0.29, 0.717) is 0 Å². The second-order valence-corrected chi connectivity index (χ2v) is 5.98. The molecule has 0 saturated carbocycles. The molecule has 0 amide bonds. The normalized spacial score (nSPS) is 17.4. The molecule has 1 N–H and O–H groups in total. The molecule has 4 heteroatoms. The Balaban J connectivity index is 4.67. The first kappa shape index (κ1) is 14.6. The van der Waals surface area contributed by atoms with Crippen LogP contribution in [0, 0.1) is 5.92 Å². The zero-order valence-electron chi connectivity index (χ0n) is 10.0. The van der Waals surface area contributed by atoms with Crippen molar-refractivity contribution in [1.29, 1.82) is 0 Å². The Bertz CT molecular complexity index is 226. The summed E-state index contributed by atoms with van der Waals surface area (Å²) >= 11 is 0. The van der Waals surface area contributed by atoms with Crippen LogP contribution in [0.1, 0.15) is 47.0 Å². The Labute approximate surface area is 94.7 Å². The molecule has 3 nitrogen and oxygen atoms in total. The number of carboxylic acids is 1. The molecule has 90 valence electrons. The summed E-state index contributed by atoms with van der Waals surface area (Å²) in [6, 6.07) is 0. The van der Waals surface area contributed by atoms with Crippen molar-refractivity contribution in [3.05, 3.63) is 0 Å². The van der Waals surface area contributed by atoms with Gasteiger partial charge in [0.2, 0.25) is 0 Å². The first-order valence-corrected chi connectivity index (χ1v) is 6.85. The molecule has 0 spiro atoms. The van der Waals surface area contributed by atoms with E-state index >= 15 is 0 Å². The molecule has 0 aromatic rings. The van der Waals surface area contributed by atoms with Crippen molar-refractivity contribution in [3.63, 3.8) is 0 Å². The molecule has 0 aromatic heterocycles. The van der Waals surface area contributed by atoms with Gasteiger partial charge in [0.05, 0.1) is 0 Å². The lowest BCUT2D eigenvalue weighted by Crippen LogP contribution is -2.36. The minimum atomic E-state index is -1.26. The molecule has 0 heterocycles. The predicted molar refractivity (Wildman–Crippen MR) is 63.4 cm³/mol. The van der Waals surface area contributed by atoms with E-state index in [4.69, 9.17) is 5.11 Å². The van der Waals surface area contributed by atoms with E-state index in [1.165, 1.54) is 0 Å². The van der Waals surface area contributed by atoms with Gasteiger partial charge in [-0.05, 0) is 18.8 Å². The predicted octanol–water partition coefficient (Wildman–Crippen LogP) is 2.42. The molecule has 3 atom stereocenters. The molecule has 0 aliphatic heterocycles. The largest absolute Gasteiger partial charge is 0.480 e. The third kappa shape index (κ3) is 4.33. The van der Waals surface area contributed by atoms with E-state index in [1.807, 2.05) is 27.7 Å². The highest BCUT2D eigenvalue weighted by Crippen LogP contribution is 2.19. The quantitative estimate of drug-likeness (QED) is 0.736. The molecule has 0 bridgehead atoms. The molecule has 0 aliphatic carbocycles. The van der Waals surface area contributed by atoms with Gasteiger partial charge in [-0.3, -0.25) is 9.00 Å². The van der Waals surface area contributed by atoms with E-state index in [0.717, 1.165) is 19.3 Å². The van der Waals surface area contributed by atoms with Crippen molar-refractivity contribution >= 4 is 16.8 Å². The van der Waals surface area contributed by atoms with Gasteiger partial charge in [0.25, 0.3) is 0 Å². The van der Waals surface area contributed by atoms with Crippen molar-refractivity contribution in [3.8, 4) is 0 Å². The number of hydrogen-bond acceptors (Lipinski definition) is 2. The van der Waals surface area contributed by atoms with Crippen LogP contribution in [0.15, 0.2) is 0 Å². The number of carbonyl (C=O) groups is 1. The van der Waals surface area contributed by atoms with E-state index in [9.17, 15) is 9.00 Å². The van der Waals surface area contributed by atoms with E-state index in [2.05, 4.69) is 0 Å². The Morgan fingerprint density at radius 3 is 2.13 bits per heavy atom. The van der Waals surface area contributed by atoms with Crippen LogP contribution in [0.5, 0.6) is 0 Å². The highest BCUT2D eigenvalue weighted by atomic mass is 32.2. The molecular formula is C11H22O3S. The van der Waals surface area contributed by atoms with E-state index in [1.54, 1.807) is 0 Å². The Morgan fingerprint density at radius 2 is 1.87 bits per heavy atom. The highest BCUT2D eigenvalue weighted by molar-refractivity contribution is 7.87. The van der Waals surface area contributed by atoms with Crippen LogP contribution >= 0.6 is 0 Å². The minimum absolute atomic E-state index is 0.0264. The van der Waals surface area contributed by atoms with Crippen molar-refractivity contribution in [1.82, 2.24) is 0 Å². The number of rotatable bonds is 7. The van der Waals surface area contributed by atoms with Gasteiger partial charge < -0.3 is 5.11 Å². The fourth-order valence-corrected chi connectivity index (χ4v) is 3.61. The average molecular weight is 234 g/mol. The second-order valence-electron chi connectivity index (χ2n) is 4.15. The SMILES string of the molecule is CCCC(CC)S(=O)C(C(=O)O)C(C)C. The molecule has 0 aromatic carbocycles. The summed E-state index contributed by atoms with van der Waals surface area (Å²) in [5.41, 5.74) is 0. The third-order valence-corrected chi connectivity index (χ3v) is 4.97. The van der Waals surface area contributed by atoms with Gasteiger partial charge in [0, 0.05) is 16.0 Å². The fraction of sp³-hybridized carbons (Fsp3) is 0.909. The standard InChI is InChI=1S/C11H22O3S/c1-5-7-9(6-2)15(14)10(8(3)4)11(12)13/h8-10H,5-7H2,1-4H3,(H,12,13). The van der Waals surface area contributed by atoms with Crippen LogP contribution in [0.2, 0.25) is 0 Å². The molecule has 0 rings (SSSR count). The first-order chi connectivity index (χ1) is 6.95. The molecule has 0 fully saturated rings. The van der Waals surface area contributed by atoms with Crippen LogP contribution in [0.3, 0.4) is 0 Å². The average Bonchev–Trinajstić information content (AvgIpc) is 2.12. The molecule has 0 aliphatic rings. The molecular weight excluding hydrogens is 212 g/mol. The second kappa shape index (κ2) is 6.99. The summed E-state index contributed by atoms with van der Waals surface area (Å²) in [5.74, 6) is -1.01. The van der Waals surface area contributed by atoms with Gasteiger partial charge in [-0.25, -0.2) is 0 Å². The van der Waals surface area contributed by atoms with Crippen LogP contribution in [0.4, 0.5) is 0 Å². The van der Waals surface area contributed by atoms with Crippen LogP contribution < -0.4 is 0 Å². The molecule has 3 unspecified atom stereocenters. The van der Waals surface area contributed by atoms with E-state index in [-0.39, 0.29) is 11.2 Å². The zero-order chi connectivity index (χ0) is 12.0. The fourth-order valence-electron chi connectivity index (χ4n) is 1.67. The summed E-state index contributed by atoms with van der Waals surface area (Å²) in [7, 11) is -1.26. The Hall–Kier alpha value is -0.380. The maximum absolute atomic E-state index is 12.1. The number of carboxylic acid groups (broad SMARTS) is 1. The van der Waals surface area contributed by atoms with Gasteiger partial charge in [-0.15, -0.1) is 0 Å². The monoisotopic (exact) mass is 234 g/mol. The molecule has 15 heavy (non-hydrogen) atoms. The van der Waals surface area contributed by atoms with Gasteiger partial charge in [0.15, 0.2) is 0 Å². The first-order valence-electron chi connectivity index (χ1n) is 5.57. The lowest BCUT2D eigenvalue weighted by atomic mass is 10.1. The smallest absolute Gasteiger partial charge is 0.319 e. The lowest BCUT2D eigenvalue weighted by molar-refractivity contribution is -0.137. The van der Waals surface area contributed by atoms with Gasteiger partial charge in [0.1, 0.15) is 5.25 Å². The van der Waals surface area contributed by atoms with Crippen LogP contribution in [0.25, 0.3) is 0 Å². The Morgan fingerprint density at radius 1 is 1.33 bits per heavy atom.